The third kappa shape index (κ3) is 25.3. The molecule has 7 amide bonds. The molecule has 0 saturated carbocycles. The Balaban J connectivity index is 2.41. The Morgan fingerprint density at radius 1 is 0.654 bits per heavy atom. The molecule has 1 heterocycles. The molecule has 1 aliphatic heterocycles. The molecule has 1 aromatic rings. The molecule has 19 heteroatoms. The highest BCUT2D eigenvalue weighted by Gasteiger charge is 2.43. The van der Waals surface area contributed by atoms with Gasteiger partial charge in [-0.1, -0.05) is 71.4 Å². The summed E-state index contributed by atoms with van der Waals surface area (Å²) in [7, 11) is 1.35. The van der Waals surface area contributed by atoms with Gasteiger partial charge in [0, 0.05) is 38.8 Å². The van der Waals surface area contributed by atoms with Gasteiger partial charge >= 0.3 is 0 Å². The molecule has 0 spiro atoms. The minimum Gasteiger partial charge on any atom is -0.488 e. The maximum Gasteiger partial charge on any atom is 0.250 e. The number of nitrogens with zero attached hydrogens (tertiary/aromatic N) is 1. The Hall–Kier alpha value is -5.14. The lowest BCUT2D eigenvalue weighted by Crippen LogP contribution is -2.62. The van der Waals surface area contributed by atoms with Gasteiger partial charge in [0.15, 0.2) is 6.10 Å². The standard InChI is InChI=1S/C59H101N7O12/c1-18-19-20-21-22-23-24-26-43(67)35-42(33-36(2)3)51(70)65-48(40(7)77-58(11,12)13)56(75)66-32-25-27-46(66)53(72)64-47(39(6)76-57(8,9)10)54(73)62-38(5)50(69)63-45(52(71)61-37(4)49(68)55(74)60-17)34-41-28-30-44(31-29-41)78-59(14,15)16/h28-31,36-40,42,45-49,68H,18-27,32-35H2,1-17H3,(H,60,74)(H,61,71)(H,62,73)(H,63,69)(H,64,72)(H,65,70)/t37?,38-,39?,40?,42+,45-,46+,47-,48-,49?/m0/s1. The molecule has 444 valence electrons. The van der Waals surface area contributed by atoms with Gasteiger partial charge in [-0.25, -0.2) is 0 Å². The van der Waals surface area contributed by atoms with Gasteiger partial charge in [0.1, 0.15) is 47.3 Å². The Labute approximate surface area is 466 Å². The van der Waals surface area contributed by atoms with Crippen LogP contribution in [0.25, 0.3) is 0 Å². The molecule has 1 fully saturated rings. The molecule has 0 radical (unpaired) electrons. The summed E-state index contributed by atoms with van der Waals surface area (Å²) in [6.45, 7) is 29.1. The predicted molar refractivity (Wildman–Crippen MR) is 302 cm³/mol. The number of carbonyl (C=O) groups is 8. The fraction of sp³-hybridized carbons (Fsp3) is 0.763. The Morgan fingerprint density at radius 2 is 1.22 bits per heavy atom. The van der Waals surface area contributed by atoms with Crippen LogP contribution < -0.4 is 36.6 Å². The molecule has 0 bridgehead atoms. The number of carbonyl (C=O) groups excluding carboxylic acids is 8. The van der Waals surface area contributed by atoms with Crippen LogP contribution in [0.2, 0.25) is 0 Å². The van der Waals surface area contributed by atoms with Crippen molar-refractivity contribution >= 4 is 47.1 Å². The van der Waals surface area contributed by atoms with Crippen LogP contribution >= 0.6 is 0 Å². The smallest absolute Gasteiger partial charge is 0.250 e. The van der Waals surface area contributed by atoms with Crippen molar-refractivity contribution in [3.05, 3.63) is 29.8 Å². The third-order valence-corrected chi connectivity index (χ3v) is 13.2. The molecule has 19 nitrogen and oxygen atoms in total. The van der Waals surface area contributed by atoms with Crippen LogP contribution in [0.5, 0.6) is 5.75 Å². The number of ether oxygens (including phenoxy) is 3. The Morgan fingerprint density at radius 3 is 1.76 bits per heavy atom. The minimum absolute atomic E-state index is 0.00365. The second-order valence-corrected chi connectivity index (χ2v) is 24.7. The van der Waals surface area contributed by atoms with Crippen molar-refractivity contribution in [2.45, 2.75) is 266 Å². The largest absolute Gasteiger partial charge is 0.488 e. The van der Waals surface area contributed by atoms with E-state index >= 15 is 0 Å². The number of likely N-dealkylation sites (tertiary alicyclic amines) is 1. The highest BCUT2D eigenvalue weighted by atomic mass is 16.5. The van der Waals surface area contributed by atoms with Gasteiger partial charge in [-0.15, -0.1) is 0 Å². The number of ketones is 1. The number of Topliss-reactive ketones (excluding diaryl/α,β-unsaturated/α-hetero) is 1. The number of aliphatic hydroxyl groups is 1. The molecule has 0 aromatic heterocycles. The normalized spacial score (nSPS) is 17.5. The second-order valence-electron chi connectivity index (χ2n) is 24.7. The molecule has 1 saturated heterocycles. The zero-order valence-electron chi connectivity index (χ0n) is 50.4. The lowest BCUT2D eigenvalue weighted by Gasteiger charge is -2.36. The third-order valence-electron chi connectivity index (χ3n) is 13.2. The first kappa shape index (κ1) is 69.0. The van der Waals surface area contributed by atoms with Crippen molar-refractivity contribution in [1.29, 1.82) is 0 Å². The molecule has 4 unspecified atom stereocenters. The molecule has 78 heavy (non-hydrogen) atoms. The van der Waals surface area contributed by atoms with Crippen molar-refractivity contribution in [1.82, 2.24) is 36.8 Å². The minimum atomic E-state index is -1.59. The van der Waals surface area contributed by atoms with Crippen LogP contribution in [0.4, 0.5) is 0 Å². The van der Waals surface area contributed by atoms with E-state index in [1.54, 1.807) is 58.9 Å². The van der Waals surface area contributed by atoms with Crippen LogP contribution in [0, 0.1) is 11.8 Å². The molecule has 2 rings (SSSR count). The number of hydrogen-bond donors (Lipinski definition) is 7. The first-order valence-corrected chi connectivity index (χ1v) is 28.5. The Bertz CT molecular complexity index is 2100. The number of hydrogen-bond acceptors (Lipinski definition) is 12. The van der Waals surface area contributed by atoms with E-state index in [0.29, 0.717) is 30.6 Å². The SMILES string of the molecule is CCCCCCCCCC(=O)C[C@@H](CC(C)C)C(=O)N[C@H](C(=O)N1CCC[C@@H]1C(=O)N[C@H](C(=O)N[C@@H](C)C(=O)N[C@@H](Cc1ccc(OC(C)(C)C)cc1)C(=O)NC(C)C(O)C(=O)NC)C(C)OC(C)(C)C)C(C)OC(C)(C)C. The quantitative estimate of drug-likeness (QED) is 0.0402. The molecule has 10 atom stereocenters. The van der Waals surface area contributed by atoms with Crippen molar-refractivity contribution in [2.24, 2.45) is 11.8 Å². The van der Waals surface area contributed by atoms with E-state index in [-0.39, 0.29) is 37.5 Å². The van der Waals surface area contributed by atoms with E-state index < -0.39 is 119 Å². The van der Waals surface area contributed by atoms with Crippen molar-refractivity contribution in [3.63, 3.8) is 0 Å². The molecular formula is C59H101N7O12. The summed E-state index contributed by atoms with van der Waals surface area (Å²) in [6, 6.07) is -0.295. The molecule has 1 aliphatic rings. The highest BCUT2D eigenvalue weighted by Crippen LogP contribution is 2.25. The van der Waals surface area contributed by atoms with Crippen LogP contribution in [-0.2, 0) is 54.3 Å². The average Bonchev–Trinajstić information content (AvgIpc) is 3.82. The number of likely N-dealkylation sites (N-methyl/N-ethyl adjacent to an activating group) is 1. The van der Waals surface area contributed by atoms with Gasteiger partial charge in [0.25, 0.3) is 5.91 Å². The summed E-state index contributed by atoms with van der Waals surface area (Å²) < 4.78 is 18.4. The van der Waals surface area contributed by atoms with Gasteiger partial charge in [-0.2, -0.15) is 0 Å². The Kier molecular flexibility index (Phi) is 28.5. The number of nitrogens with one attached hydrogen (secondary N) is 6. The van der Waals surface area contributed by atoms with Gasteiger partial charge in [0.05, 0.1) is 29.5 Å². The monoisotopic (exact) mass is 1100 g/mol. The molecule has 0 aliphatic carbocycles. The van der Waals surface area contributed by atoms with E-state index in [4.69, 9.17) is 14.2 Å². The van der Waals surface area contributed by atoms with E-state index in [1.165, 1.54) is 38.6 Å². The van der Waals surface area contributed by atoms with Crippen LogP contribution in [0.3, 0.4) is 0 Å². The van der Waals surface area contributed by atoms with E-state index in [1.807, 2.05) is 55.4 Å². The van der Waals surface area contributed by atoms with Gasteiger partial charge in [-0.3, -0.25) is 38.4 Å². The summed E-state index contributed by atoms with van der Waals surface area (Å²) in [5.41, 5.74) is -1.33. The van der Waals surface area contributed by atoms with Gasteiger partial charge < -0.3 is 56.1 Å². The fourth-order valence-corrected chi connectivity index (χ4v) is 9.47. The average molecular weight is 1100 g/mol. The fourth-order valence-electron chi connectivity index (χ4n) is 9.47. The lowest BCUT2D eigenvalue weighted by atomic mass is 9.90. The van der Waals surface area contributed by atoms with Crippen LogP contribution in [0.1, 0.15) is 193 Å². The summed E-state index contributed by atoms with van der Waals surface area (Å²) in [6.07, 6.45) is 5.59. The lowest BCUT2D eigenvalue weighted by molar-refractivity contribution is -0.150. The van der Waals surface area contributed by atoms with E-state index in [0.717, 1.165) is 32.1 Å². The summed E-state index contributed by atoms with van der Waals surface area (Å²) in [5.74, 6) is -4.62. The van der Waals surface area contributed by atoms with Gasteiger partial charge in [-0.05, 0) is 139 Å². The highest BCUT2D eigenvalue weighted by molar-refractivity contribution is 5.97. The van der Waals surface area contributed by atoms with E-state index in [2.05, 4.69) is 38.8 Å². The summed E-state index contributed by atoms with van der Waals surface area (Å²) >= 11 is 0. The van der Waals surface area contributed by atoms with Gasteiger partial charge in [0.2, 0.25) is 35.4 Å². The first-order valence-electron chi connectivity index (χ1n) is 28.5. The molecule has 1 aromatic carbocycles. The number of benzene rings is 1. The number of unbranched alkanes of at least 4 members (excludes halogenated alkanes) is 6. The van der Waals surface area contributed by atoms with Crippen LogP contribution in [-0.4, -0.2) is 142 Å². The number of amides is 7. The maximum atomic E-state index is 14.8. The van der Waals surface area contributed by atoms with Crippen molar-refractivity contribution in [3.8, 4) is 5.75 Å². The van der Waals surface area contributed by atoms with Crippen LogP contribution in [0.15, 0.2) is 24.3 Å². The van der Waals surface area contributed by atoms with E-state index in [9.17, 15) is 43.5 Å². The van der Waals surface area contributed by atoms with Crippen molar-refractivity contribution < 1.29 is 57.7 Å². The number of aliphatic hydroxyl groups excluding tert-OH is 1. The molecule has 7 N–H and O–H groups in total. The first-order chi connectivity index (χ1) is 36.2. The second kappa shape index (κ2) is 32.2. The summed E-state index contributed by atoms with van der Waals surface area (Å²) in [4.78, 5) is 113. The zero-order valence-corrected chi connectivity index (χ0v) is 50.4. The van der Waals surface area contributed by atoms with Crippen molar-refractivity contribution in [2.75, 3.05) is 13.6 Å². The topological polar surface area (TPSA) is 260 Å². The molecular weight excluding hydrogens is 999 g/mol. The number of rotatable bonds is 32. The maximum absolute atomic E-state index is 14.8. The summed E-state index contributed by atoms with van der Waals surface area (Å²) in [5, 5.41) is 26.6. The zero-order chi connectivity index (χ0) is 59.3. The predicted octanol–water partition coefficient (Wildman–Crippen LogP) is 6.14.